The highest BCUT2D eigenvalue weighted by Gasteiger charge is 2.16. The minimum absolute atomic E-state index is 0.142. The summed E-state index contributed by atoms with van der Waals surface area (Å²) in [5.74, 6) is 0.156. The molecule has 0 bridgehead atoms. The molecule has 0 atom stereocenters. The predicted octanol–water partition coefficient (Wildman–Crippen LogP) is 3.91. The molecule has 34 heavy (non-hydrogen) atoms. The standard InChI is InChI=1S/C24H18ClN7O2/c1-15-13-20(27-21(33)12-7-16-5-3-2-4-6-16)32(30-15)24-28-22-19(23(34)29-24)14-26-31(22)18-10-8-17(25)9-11-18/h2-14H,1H3,(H,27,33)(H,28,29,34)/b12-7-. The van der Waals surface area contributed by atoms with Crippen molar-refractivity contribution in [2.75, 3.05) is 5.32 Å². The van der Waals surface area contributed by atoms with Crippen LogP contribution >= 0.6 is 11.6 Å². The molecule has 0 spiro atoms. The number of rotatable bonds is 5. The van der Waals surface area contributed by atoms with E-state index in [1.807, 2.05) is 30.3 Å². The number of hydrogen-bond donors (Lipinski definition) is 2. The van der Waals surface area contributed by atoms with Gasteiger partial charge < -0.3 is 5.32 Å². The molecule has 0 aliphatic rings. The number of amides is 1. The second-order valence-corrected chi connectivity index (χ2v) is 7.91. The normalized spacial score (nSPS) is 11.4. The van der Waals surface area contributed by atoms with Crippen LogP contribution in [0.5, 0.6) is 0 Å². The van der Waals surface area contributed by atoms with Crippen molar-refractivity contribution in [2.24, 2.45) is 0 Å². The van der Waals surface area contributed by atoms with Crippen molar-refractivity contribution in [3.8, 4) is 11.6 Å². The number of H-pyrrole nitrogens is 1. The summed E-state index contributed by atoms with van der Waals surface area (Å²) in [7, 11) is 0. The van der Waals surface area contributed by atoms with Crippen LogP contribution in [0.3, 0.4) is 0 Å². The molecule has 1 amide bonds. The Balaban J connectivity index is 1.51. The molecule has 0 saturated heterocycles. The third kappa shape index (κ3) is 4.24. The second-order valence-electron chi connectivity index (χ2n) is 7.48. The van der Waals surface area contributed by atoms with E-state index in [0.717, 1.165) is 5.56 Å². The monoisotopic (exact) mass is 471 g/mol. The number of fused-ring (bicyclic) bond motifs is 1. The summed E-state index contributed by atoms with van der Waals surface area (Å²) in [5.41, 5.74) is 2.19. The zero-order valence-electron chi connectivity index (χ0n) is 17.9. The number of aryl methyl sites for hydroxylation is 1. The number of benzene rings is 2. The van der Waals surface area contributed by atoms with Gasteiger partial charge in [0.25, 0.3) is 5.56 Å². The summed E-state index contributed by atoms with van der Waals surface area (Å²) >= 11 is 5.99. The zero-order chi connectivity index (χ0) is 23.7. The van der Waals surface area contributed by atoms with E-state index in [4.69, 9.17) is 11.6 Å². The van der Waals surface area contributed by atoms with E-state index in [0.29, 0.717) is 33.3 Å². The Hall–Kier alpha value is -4.50. The summed E-state index contributed by atoms with van der Waals surface area (Å²) in [6, 6.07) is 18.2. The maximum Gasteiger partial charge on any atom is 0.263 e. The predicted molar refractivity (Wildman–Crippen MR) is 130 cm³/mol. The number of aromatic nitrogens is 6. The lowest BCUT2D eigenvalue weighted by atomic mass is 10.2. The lowest BCUT2D eigenvalue weighted by Gasteiger charge is -2.08. The molecule has 0 unspecified atom stereocenters. The highest BCUT2D eigenvalue weighted by molar-refractivity contribution is 6.30. The minimum atomic E-state index is -0.380. The second kappa shape index (κ2) is 8.80. The zero-order valence-corrected chi connectivity index (χ0v) is 18.7. The number of carbonyl (C=O) groups excluding carboxylic acids is 1. The lowest BCUT2D eigenvalue weighted by Crippen LogP contribution is -2.18. The molecule has 0 aliphatic carbocycles. The van der Waals surface area contributed by atoms with Gasteiger partial charge in [0.1, 0.15) is 11.2 Å². The maximum atomic E-state index is 12.8. The van der Waals surface area contributed by atoms with Crippen molar-refractivity contribution in [1.82, 2.24) is 29.5 Å². The summed E-state index contributed by atoms with van der Waals surface area (Å²) in [4.78, 5) is 32.6. The first-order valence-corrected chi connectivity index (χ1v) is 10.7. The molecule has 3 heterocycles. The largest absolute Gasteiger partial charge is 0.307 e. The first-order chi connectivity index (χ1) is 16.5. The van der Waals surface area contributed by atoms with E-state index in [2.05, 4.69) is 25.5 Å². The molecular weight excluding hydrogens is 454 g/mol. The Morgan fingerprint density at radius 2 is 1.85 bits per heavy atom. The first kappa shape index (κ1) is 21.4. The van der Waals surface area contributed by atoms with Crippen LogP contribution in [0.15, 0.2) is 77.7 Å². The van der Waals surface area contributed by atoms with Gasteiger partial charge in [-0.05, 0) is 42.8 Å². The van der Waals surface area contributed by atoms with E-state index >= 15 is 0 Å². The Morgan fingerprint density at radius 1 is 1.09 bits per heavy atom. The average Bonchev–Trinajstić information content (AvgIpc) is 3.42. The van der Waals surface area contributed by atoms with Gasteiger partial charge in [0.2, 0.25) is 11.9 Å². The van der Waals surface area contributed by atoms with E-state index in [1.165, 1.54) is 17.0 Å². The van der Waals surface area contributed by atoms with Crippen molar-refractivity contribution in [3.05, 3.63) is 99.6 Å². The van der Waals surface area contributed by atoms with E-state index in [-0.39, 0.29) is 17.4 Å². The summed E-state index contributed by atoms with van der Waals surface area (Å²) in [6.45, 7) is 1.78. The highest BCUT2D eigenvalue weighted by atomic mass is 35.5. The van der Waals surface area contributed by atoms with Gasteiger partial charge in [-0.25, -0.2) is 4.68 Å². The lowest BCUT2D eigenvalue weighted by molar-refractivity contribution is -0.111. The van der Waals surface area contributed by atoms with Crippen LogP contribution in [0.2, 0.25) is 5.02 Å². The van der Waals surface area contributed by atoms with Gasteiger partial charge in [0.05, 0.1) is 17.6 Å². The molecule has 0 aliphatic heterocycles. The minimum Gasteiger partial charge on any atom is -0.307 e. The van der Waals surface area contributed by atoms with Gasteiger partial charge in [0.15, 0.2) is 5.65 Å². The number of nitrogens with one attached hydrogen (secondary N) is 2. The number of carbonyl (C=O) groups is 1. The smallest absolute Gasteiger partial charge is 0.263 e. The van der Waals surface area contributed by atoms with E-state index in [1.54, 1.807) is 48.0 Å². The van der Waals surface area contributed by atoms with Gasteiger partial charge >= 0.3 is 0 Å². The molecule has 0 fully saturated rings. The SMILES string of the molecule is Cc1cc(NC(=O)/C=C\c2ccccc2)n(-c2nc3c(cnn3-c3ccc(Cl)cc3)c(=O)[nH]2)n1. The van der Waals surface area contributed by atoms with Crippen LogP contribution in [0, 0.1) is 6.92 Å². The number of hydrogen-bond acceptors (Lipinski definition) is 5. The topological polar surface area (TPSA) is 110 Å². The van der Waals surface area contributed by atoms with Crippen molar-refractivity contribution in [1.29, 1.82) is 0 Å². The quantitative estimate of drug-likeness (QED) is 0.377. The van der Waals surface area contributed by atoms with Crippen molar-refractivity contribution < 1.29 is 4.79 Å². The number of nitrogens with zero attached hydrogens (tertiary/aromatic N) is 5. The Morgan fingerprint density at radius 3 is 2.62 bits per heavy atom. The first-order valence-electron chi connectivity index (χ1n) is 10.3. The molecule has 5 rings (SSSR count). The number of anilines is 1. The van der Waals surface area contributed by atoms with Crippen molar-refractivity contribution >= 4 is 40.4 Å². The molecule has 10 heteroatoms. The van der Waals surface area contributed by atoms with Crippen LogP contribution < -0.4 is 10.9 Å². The molecule has 2 aromatic carbocycles. The number of aromatic amines is 1. The van der Waals surface area contributed by atoms with E-state index in [9.17, 15) is 9.59 Å². The Labute approximate surface area is 198 Å². The molecule has 9 nitrogen and oxygen atoms in total. The van der Waals surface area contributed by atoms with Gasteiger partial charge in [-0.2, -0.15) is 19.9 Å². The van der Waals surface area contributed by atoms with Crippen LogP contribution in [-0.2, 0) is 4.79 Å². The molecule has 3 aromatic heterocycles. The van der Waals surface area contributed by atoms with Crippen LogP contribution in [0.1, 0.15) is 11.3 Å². The number of halogens is 1. The van der Waals surface area contributed by atoms with Crippen LogP contribution in [0.4, 0.5) is 5.82 Å². The third-order valence-electron chi connectivity index (χ3n) is 5.01. The fourth-order valence-corrected chi connectivity index (χ4v) is 3.56. The molecule has 168 valence electrons. The average molecular weight is 472 g/mol. The molecule has 0 radical (unpaired) electrons. The molecule has 0 saturated carbocycles. The van der Waals surface area contributed by atoms with E-state index < -0.39 is 0 Å². The third-order valence-corrected chi connectivity index (χ3v) is 5.26. The fraction of sp³-hybridized carbons (Fsp3) is 0.0417. The van der Waals surface area contributed by atoms with Gasteiger partial charge in [-0.3, -0.25) is 14.6 Å². The van der Waals surface area contributed by atoms with Crippen molar-refractivity contribution in [2.45, 2.75) is 6.92 Å². The Kier molecular flexibility index (Phi) is 5.52. The summed E-state index contributed by atoms with van der Waals surface area (Å²) < 4.78 is 2.92. The summed E-state index contributed by atoms with van der Waals surface area (Å²) in [6.07, 6.45) is 4.59. The molecule has 5 aromatic rings. The van der Waals surface area contributed by atoms with Crippen molar-refractivity contribution in [3.63, 3.8) is 0 Å². The highest BCUT2D eigenvalue weighted by Crippen LogP contribution is 2.19. The Bertz CT molecular complexity index is 1580. The summed E-state index contributed by atoms with van der Waals surface area (Å²) in [5, 5.41) is 12.4. The fourth-order valence-electron chi connectivity index (χ4n) is 3.43. The van der Waals surface area contributed by atoms with Gasteiger partial charge in [0, 0.05) is 17.2 Å². The molecular formula is C24H18ClN7O2. The van der Waals surface area contributed by atoms with Gasteiger partial charge in [-0.1, -0.05) is 41.9 Å². The van der Waals surface area contributed by atoms with Crippen LogP contribution in [-0.4, -0.2) is 35.4 Å². The van der Waals surface area contributed by atoms with Crippen LogP contribution in [0.25, 0.3) is 28.7 Å². The maximum absolute atomic E-state index is 12.8. The van der Waals surface area contributed by atoms with Gasteiger partial charge in [-0.15, -0.1) is 0 Å². The molecule has 2 N–H and O–H groups in total.